The molecule has 0 bridgehead atoms. The SMILES string of the molecule is C[C@@H]1CCCC[C@H]1C[Si](Cl)Cl. The molecular formula is C8H15Cl2Si. The first-order valence-electron chi connectivity index (χ1n) is 4.37. The van der Waals surface area contributed by atoms with E-state index in [0.717, 1.165) is 17.9 Å². The van der Waals surface area contributed by atoms with Crippen molar-refractivity contribution in [3.05, 3.63) is 0 Å². The van der Waals surface area contributed by atoms with Gasteiger partial charge >= 0.3 is 0 Å². The van der Waals surface area contributed by atoms with Gasteiger partial charge in [-0.1, -0.05) is 32.6 Å². The molecule has 2 atom stereocenters. The van der Waals surface area contributed by atoms with Crippen molar-refractivity contribution < 1.29 is 0 Å². The van der Waals surface area contributed by atoms with Crippen molar-refractivity contribution in [1.82, 2.24) is 0 Å². The van der Waals surface area contributed by atoms with Crippen molar-refractivity contribution in [3.8, 4) is 0 Å². The van der Waals surface area contributed by atoms with Gasteiger partial charge in [-0.2, -0.15) is 0 Å². The monoisotopic (exact) mass is 209 g/mol. The van der Waals surface area contributed by atoms with Crippen molar-refractivity contribution in [2.45, 2.75) is 38.7 Å². The summed E-state index contributed by atoms with van der Waals surface area (Å²) in [6, 6.07) is 1.09. The van der Waals surface area contributed by atoms with E-state index in [1.54, 1.807) is 0 Å². The average Bonchev–Trinajstić information content (AvgIpc) is 1.93. The van der Waals surface area contributed by atoms with Crippen LogP contribution in [-0.4, -0.2) is 7.42 Å². The summed E-state index contributed by atoms with van der Waals surface area (Å²) in [6.45, 7) is 2.34. The lowest BCUT2D eigenvalue weighted by Gasteiger charge is -2.28. The molecule has 0 aromatic heterocycles. The van der Waals surface area contributed by atoms with Crippen LogP contribution in [-0.2, 0) is 0 Å². The van der Waals surface area contributed by atoms with Gasteiger partial charge in [-0.05, 0) is 17.9 Å². The van der Waals surface area contributed by atoms with Crippen molar-refractivity contribution in [1.29, 1.82) is 0 Å². The first kappa shape index (κ1) is 9.88. The van der Waals surface area contributed by atoms with Crippen molar-refractivity contribution in [2.75, 3.05) is 0 Å². The molecule has 0 aliphatic heterocycles. The van der Waals surface area contributed by atoms with Crippen molar-refractivity contribution in [3.63, 3.8) is 0 Å². The topological polar surface area (TPSA) is 0 Å². The molecule has 0 spiro atoms. The van der Waals surface area contributed by atoms with Crippen molar-refractivity contribution >= 4 is 29.6 Å². The zero-order chi connectivity index (χ0) is 8.27. The lowest BCUT2D eigenvalue weighted by molar-refractivity contribution is 0.277. The molecule has 0 aromatic rings. The van der Waals surface area contributed by atoms with Gasteiger partial charge in [0.05, 0.1) is 0 Å². The second kappa shape index (κ2) is 4.73. The minimum Gasteiger partial charge on any atom is -0.147 e. The molecule has 0 aromatic carbocycles. The Morgan fingerprint density at radius 1 is 1.27 bits per heavy atom. The number of hydrogen-bond donors (Lipinski definition) is 0. The van der Waals surface area contributed by atoms with E-state index >= 15 is 0 Å². The maximum atomic E-state index is 5.84. The Morgan fingerprint density at radius 3 is 2.45 bits per heavy atom. The number of rotatable bonds is 2. The molecule has 3 heteroatoms. The molecule has 1 rings (SSSR count). The average molecular weight is 210 g/mol. The highest BCUT2D eigenvalue weighted by Crippen LogP contribution is 2.33. The van der Waals surface area contributed by atoms with Crippen LogP contribution in [0.15, 0.2) is 0 Å². The van der Waals surface area contributed by atoms with Gasteiger partial charge in [-0.3, -0.25) is 0 Å². The molecule has 1 radical (unpaired) electrons. The summed E-state index contributed by atoms with van der Waals surface area (Å²) in [6.07, 6.45) is 5.53. The lowest BCUT2D eigenvalue weighted by atomic mass is 9.82. The molecule has 0 saturated heterocycles. The first-order chi connectivity index (χ1) is 5.20. The first-order valence-corrected chi connectivity index (χ1v) is 8.10. The van der Waals surface area contributed by atoms with Gasteiger partial charge < -0.3 is 0 Å². The van der Waals surface area contributed by atoms with Crippen LogP contribution in [0.25, 0.3) is 0 Å². The zero-order valence-electron chi connectivity index (χ0n) is 6.95. The Morgan fingerprint density at radius 2 is 1.91 bits per heavy atom. The summed E-state index contributed by atoms with van der Waals surface area (Å²) in [4.78, 5) is 0. The van der Waals surface area contributed by atoms with E-state index in [9.17, 15) is 0 Å². The third-order valence-electron chi connectivity index (χ3n) is 2.71. The lowest BCUT2D eigenvalue weighted by Crippen LogP contribution is -2.19. The summed E-state index contributed by atoms with van der Waals surface area (Å²) >= 11 is 11.7. The summed E-state index contributed by atoms with van der Waals surface area (Å²) in [5.41, 5.74) is 0. The molecule has 0 nitrogen and oxygen atoms in total. The van der Waals surface area contributed by atoms with Crippen LogP contribution in [0, 0.1) is 11.8 Å². The van der Waals surface area contributed by atoms with Crippen LogP contribution in [0.3, 0.4) is 0 Å². The predicted molar refractivity (Wildman–Crippen MR) is 53.4 cm³/mol. The Hall–Kier alpha value is 0.797. The van der Waals surface area contributed by atoms with Crippen LogP contribution in [0.5, 0.6) is 0 Å². The summed E-state index contributed by atoms with van der Waals surface area (Å²) in [5.74, 6) is 1.69. The van der Waals surface area contributed by atoms with Gasteiger partial charge in [0.2, 0.25) is 0 Å². The van der Waals surface area contributed by atoms with E-state index in [-0.39, 0.29) is 0 Å². The summed E-state index contributed by atoms with van der Waals surface area (Å²) in [5, 5.41) is 0. The molecule has 65 valence electrons. The fourth-order valence-electron chi connectivity index (χ4n) is 1.89. The molecule has 1 saturated carbocycles. The number of hydrogen-bond acceptors (Lipinski definition) is 0. The molecule has 1 aliphatic rings. The highest BCUT2D eigenvalue weighted by Gasteiger charge is 2.23. The standard InChI is InChI=1S/C8H15Cl2Si/c1-7-4-2-3-5-8(7)6-11(9)10/h7-8H,2-6H2,1H3/t7-,8+/m1/s1. The fourth-order valence-corrected chi connectivity index (χ4v) is 4.09. The largest absolute Gasteiger partial charge is 0.274 e. The minimum atomic E-state index is -1.02. The van der Waals surface area contributed by atoms with Crippen LogP contribution >= 0.6 is 22.2 Å². The maximum absolute atomic E-state index is 5.84. The highest BCUT2D eigenvalue weighted by molar-refractivity contribution is 7.33. The quantitative estimate of drug-likeness (QED) is 0.480. The molecular weight excluding hydrogens is 195 g/mol. The summed E-state index contributed by atoms with van der Waals surface area (Å²) < 4.78 is 0. The molecule has 0 unspecified atom stereocenters. The molecule has 1 fully saturated rings. The van der Waals surface area contributed by atoms with Crippen LogP contribution < -0.4 is 0 Å². The molecule has 11 heavy (non-hydrogen) atoms. The van der Waals surface area contributed by atoms with E-state index < -0.39 is 7.42 Å². The molecule has 1 aliphatic carbocycles. The second-order valence-electron chi connectivity index (χ2n) is 3.56. The van der Waals surface area contributed by atoms with E-state index in [0.29, 0.717) is 0 Å². The fraction of sp³-hybridized carbons (Fsp3) is 1.00. The molecule has 0 amide bonds. The predicted octanol–water partition coefficient (Wildman–Crippen LogP) is 3.78. The Kier molecular flexibility index (Phi) is 4.25. The van der Waals surface area contributed by atoms with E-state index in [1.165, 1.54) is 25.7 Å². The van der Waals surface area contributed by atoms with Gasteiger partial charge in [0.15, 0.2) is 0 Å². The second-order valence-corrected chi connectivity index (χ2v) is 7.97. The Labute approximate surface area is 80.3 Å². The van der Waals surface area contributed by atoms with Gasteiger partial charge in [0.25, 0.3) is 7.42 Å². The van der Waals surface area contributed by atoms with Gasteiger partial charge in [0.1, 0.15) is 0 Å². The van der Waals surface area contributed by atoms with Crippen LogP contribution in [0.4, 0.5) is 0 Å². The van der Waals surface area contributed by atoms with E-state index in [1.807, 2.05) is 0 Å². The third kappa shape index (κ3) is 3.35. The molecule has 0 N–H and O–H groups in total. The van der Waals surface area contributed by atoms with Gasteiger partial charge in [0, 0.05) is 0 Å². The normalized spacial score (nSPS) is 32.7. The maximum Gasteiger partial charge on any atom is 0.274 e. The zero-order valence-corrected chi connectivity index (χ0v) is 9.46. The van der Waals surface area contributed by atoms with Gasteiger partial charge in [-0.25, -0.2) is 0 Å². The Bertz CT molecular complexity index is 117. The van der Waals surface area contributed by atoms with Crippen LogP contribution in [0.1, 0.15) is 32.6 Å². The van der Waals surface area contributed by atoms with Gasteiger partial charge in [-0.15, -0.1) is 22.2 Å². The van der Waals surface area contributed by atoms with E-state index in [2.05, 4.69) is 6.92 Å². The highest BCUT2D eigenvalue weighted by atomic mass is 35.7. The Balaban J connectivity index is 2.29. The van der Waals surface area contributed by atoms with Crippen LogP contribution in [0.2, 0.25) is 6.04 Å². The number of halogens is 2. The minimum absolute atomic E-state index is 0.827. The third-order valence-corrected chi connectivity index (χ3v) is 4.46. The summed E-state index contributed by atoms with van der Waals surface area (Å²) in [7, 11) is -1.02. The van der Waals surface area contributed by atoms with E-state index in [4.69, 9.17) is 22.2 Å². The van der Waals surface area contributed by atoms with Crippen molar-refractivity contribution in [2.24, 2.45) is 11.8 Å². The molecule has 0 heterocycles. The smallest absolute Gasteiger partial charge is 0.147 e.